The molecule has 0 aromatic carbocycles. The third-order valence-electron chi connectivity index (χ3n) is 2.21. The molecule has 0 saturated carbocycles. The summed E-state index contributed by atoms with van der Waals surface area (Å²) < 4.78 is 5.10. The monoisotopic (exact) mass is 215 g/mol. The van der Waals surface area contributed by atoms with Gasteiger partial charge in [-0.3, -0.25) is 4.90 Å². The van der Waals surface area contributed by atoms with Crippen LogP contribution in [0, 0.1) is 0 Å². The van der Waals surface area contributed by atoms with Crippen molar-refractivity contribution < 1.29 is 19.4 Å². The van der Waals surface area contributed by atoms with E-state index in [4.69, 9.17) is 9.84 Å². The molecule has 2 unspecified atom stereocenters. The highest BCUT2D eigenvalue weighted by molar-refractivity contribution is 5.87. The first kappa shape index (κ1) is 11.8. The summed E-state index contributed by atoms with van der Waals surface area (Å²) in [6.07, 6.45) is 0.0951. The fourth-order valence-corrected chi connectivity index (χ4v) is 1.55. The molecule has 0 aromatic rings. The molecule has 0 bridgehead atoms. The van der Waals surface area contributed by atoms with E-state index in [1.165, 1.54) is 4.90 Å². The van der Waals surface area contributed by atoms with Crippen molar-refractivity contribution in [3.63, 3.8) is 0 Å². The van der Waals surface area contributed by atoms with Crippen molar-refractivity contribution in [3.8, 4) is 0 Å². The Morgan fingerprint density at radius 3 is 2.20 bits per heavy atom. The quantitative estimate of drug-likeness (QED) is 0.708. The molecule has 0 radical (unpaired) electrons. The molecular formula is C10H17NO4. The van der Waals surface area contributed by atoms with Crippen molar-refractivity contribution in [1.29, 1.82) is 0 Å². The Labute approximate surface area is 89.0 Å². The van der Waals surface area contributed by atoms with Gasteiger partial charge in [0.25, 0.3) is 0 Å². The standard InChI is InChI=1S/C10H17NO4/c1-5-6-7(8(12)13)11(6)9(14)15-10(2,3)4/h6-7H,5H2,1-4H3,(H,12,13). The van der Waals surface area contributed by atoms with Crippen LogP contribution < -0.4 is 0 Å². The van der Waals surface area contributed by atoms with Gasteiger partial charge in [-0.2, -0.15) is 0 Å². The number of ether oxygens (including phenoxy) is 1. The van der Waals surface area contributed by atoms with Crippen LogP contribution >= 0.6 is 0 Å². The molecule has 1 aliphatic rings. The minimum Gasteiger partial charge on any atom is -0.480 e. The molecule has 5 nitrogen and oxygen atoms in total. The van der Waals surface area contributed by atoms with Crippen LogP contribution in [-0.4, -0.2) is 39.8 Å². The zero-order valence-corrected chi connectivity index (χ0v) is 9.48. The molecule has 2 atom stereocenters. The summed E-state index contributed by atoms with van der Waals surface area (Å²) in [6, 6.07) is -0.915. The summed E-state index contributed by atoms with van der Waals surface area (Å²) in [5.74, 6) is -0.965. The highest BCUT2D eigenvalue weighted by Crippen LogP contribution is 2.32. The number of carbonyl (C=O) groups excluding carboxylic acids is 1. The van der Waals surface area contributed by atoms with Crippen molar-refractivity contribution in [2.75, 3.05) is 0 Å². The maximum Gasteiger partial charge on any atom is 0.411 e. The molecule has 0 spiro atoms. The Hall–Kier alpha value is -1.26. The molecule has 1 heterocycles. The Morgan fingerprint density at radius 1 is 1.40 bits per heavy atom. The van der Waals surface area contributed by atoms with Gasteiger partial charge in [-0.05, 0) is 27.2 Å². The van der Waals surface area contributed by atoms with Crippen molar-refractivity contribution >= 4 is 12.1 Å². The Balaban J connectivity index is 2.59. The van der Waals surface area contributed by atoms with Crippen molar-refractivity contribution in [3.05, 3.63) is 0 Å². The van der Waals surface area contributed by atoms with Gasteiger partial charge in [0.15, 0.2) is 6.04 Å². The number of hydrogen-bond donors (Lipinski definition) is 1. The third kappa shape index (κ3) is 2.61. The lowest BCUT2D eigenvalue weighted by Crippen LogP contribution is -2.29. The first-order valence-electron chi connectivity index (χ1n) is 5.02. The minimum absolute atomic E-state index is 0.211. The molecule has 0 aromatic heterocycles. The molecule has 1 aliphatic heterocycles. The van der Waals surface area contributed by atoms with Gasteiger partial charge in [-0.25, -0.2) is 9.59 Å². The van der Waals surface area contributed by atoms with E-state index in [2.05, 4.69) is 0 Å². The largest absolute Gasteiger partial charge is 0.480 e. The summed E-state index contributed by atoms with van der Waals surface area (Å²) >= 11 is 0. The van der Waals surface area contributed by atoms with Gasteiger partial charge in [-0.1, -0.05) is 6.92 Å². The predicted octanol–water partition coefficient (Wildman–Crippen LogP) is 1.47. The second-order valence-corrected chi connectivity index (χ2v) is 4.65. The molecule has 0 aliphatic carbocycles. The van der Waals surface area contributed by atoms with Gasteiger partial charge in [0.05, 0.1) is 6.04 Å². The van der Waals surface area contributed by atoms with Gasteiger partial charge < -0.3 is 9.84 Å². The first-order chi connectivity index (χ1) is 6.78. The fourth-order valence-electron chi connectivity index (χ4n) is 1.55. The van der Waals surface area contributed by atoms with Gasteiger partial charge in [0.1, 0.15) is 5.60 Å². The van der Waals surface area contributed by atoms with Crippen LogP contribution in [0.4, 0.5) is 4.79 Å². The maximum absolute atomic E-state index is 11.5. The van der Waals surface area contributed by atoms with Crippen molar-refractivity contribution in [2.24, 2.45) is 0 Å². The van der Waals surface area contributed by atoms with E-state index in [9.17, 15) is 9.59 Å². The number of aliphatic carboxylic acids is 1. The number of amides is 1. The number of carbonyl (C=O) groups is 2. The van der Waals surface area contributed by atoms with E-state index in [0.717, 1.165) is 0 Å². The highest BCUT2D eigenvalue weighted by Gasteiger charge is 2.56. The van der Waals surface area contributed by atoms with Crippen LogP contribution in [0.25, 0.3) is 0 Å². The first-order valence-corrected chi connectivity index (χ1v) is 5.02. The van der Waals surface area contributed by atoms with E-state index in [0.29, 0.717) is 6.42 Å². The van der Waals surface area contributed by atoms with Gasteiger partial charge in [0.2, 0.25) is 0 Å². The highest BCUT2D eigenvalue weighted by atomic mass is 16.6. The lowest BCUT2D eigenvalue weighted by molar-refractivity contribution is -0.137. The summed E-state index contributed by atoms with van der Waals surface area (Å²) in [6.45, 7) is 7.12. The molecule has 1 saturated heterocycles. The molecular weight excluding hydrogens is 198 g/mol. The summed E-state index contributed by atoms with van der Waals surface area (Å²) in [5, 5.41) is 8.82. The molecule has 1 fully saturated rings. The second-order valence-electron chi connectivity index (χ2n) is 4.65. The van der Waals surface area contributed by atoms with Gasteiger partial charge in [0, 0.05) is 0 Å². The van der Waals surface area contributed by atoms with Crippen molar-refractivity contribution in [1.82, 2.24) is 4.90 Å². The van der Waals surface area contributed by atoms with E-state index in [-0.39, 0.29) is 6.04 Å². The lowest BCUT2D eigenvalue weighted by Gasteiger charge is -2.19. The zero-order valence-electron chi connectivity index (χ0n) is 9.48. The number of hydrogen-bond acceptors (Lipinski definition) is 3. The van der Waals surface area contributed by atoms with Gasteiger partial charge in [-0.15, -0.1) is 0 Å². The van der Waals surface area contributed by atoms with E-state index in [1.54, 1.807) is 20.8 Å². The number of carboxylic acid groups (broad SMARTS) is 1. The average molecular weight is 215 g/mol. The van der Waals surface area contributed by atoms with Crippen LogP contribution in [0.15, 0.2) is 0 Å². The normalized spacial score (nSPS) is 24.9. The SMILES string of the molecule is CCC1C(C(=O)O)N1C(=O)OC(C)(C)C. The summed E-state index contributed by atoms with van der Waals surface area (Å²) in [5.41, 5.74) is -0.582. The minimum atomic E-state index is -0.965. The molecule has 5 heteroatoms. The number of rotatable bonds is 2. The summed E-state index contributed by atoms with van der Waals surface area (Å²) in [4.78, 5) is 23.6. The molecule has 15 heavy (non-hydrogen) atoms. The van der Waals surface area contributed by atoms with Crippen LogP contribution in [-0.2, 0) is 9.53 Å². The zero-order chi connectivity index (χ0) is 11.8. The number of carboxylic acids is 1. The smallest absolute Gasteiger partial charge is 0.411 e. The molecule has 1 rings (SSSR count). The van der Waals surface area contributed by atoms with Crippen LogP contribution in [0.5, 0.6) is 0 Å². The Morgan fingerprint density at radius 2 is 1.93 bits per heavy atom. The molecule has 86 valence electrons. The van der Waals surface area contributed by atoms with Crippen LogP contribution in [0.3, 0.4) is 0 Å². The van der Waals surface area contributed by atoms with Crippen LogP contribution in [0.2, 0.25) is 0 Å². The van der Waals surface area contributed by atoms with E-state index in [1.807, 2.05) is 6.92 Å². The second kappa shape index (κ2) is 3.72. The maximum atomic E-state index is 11.5. The molecule has 1 amide bonds. The van der Waals surface area contributed by atoms with E-state index >= 15 is 0 Å². The Bertz CT molecular complexity index is 282. The lowest BCUT2D eigenvalue weighted by atomic mass is 10.2. The van der Waals surface area contributed by atoms with E-state index < -0.39 is 23.7 Å². The van der Waals surface area contributed by atoms with Gasteiger partial charge >= 0.3 is 12.1 Å². The average Bonchev–Trinajstić information content (AvgIpc) is 2.73. The molecule has 1 N–H and O–H groups in total. The van der Waals surface area contributed by atoms with Crippen LogP contribution in [0.1, 0.15) is 34.1 Å². The Kier molecular flexibility index (Phi) is 2.93. The van der Waals surface area contributed by atoms with Crippen molar-refractivity contribution in [2.45, 2.75) is 51.8 Å². The third-order valence-corrected chi connectivity index (χ3v) is 2.21. The summed E-state index contributed by atoms with van der Waals surface area (Å²) in [7, 11) is 0. The fraction of sp³-hybridized carbons (Fsp3) is 0.800. The predicted molar refractivity (Wildman–Crippen MR) is 53.6 cm³/mol. The number of nitrogens with zero attached hydrogens (tertiary/aromatic N) is 1. The topological polar surface area (TPSA) is 66.6 Å².